The van der Waals surface area contributed by atoms with Crippen LogP contribution in [0.25, 0.3) is 0 Å². The van der Waals surface area contributed by atoms with E-state index in [1.807, 2.05) is 0 Å². The summed E-state index contributed by atoms with van der Waals surface area (Å²) in [4.78, 5) is 0. The fraction of sp³-hybridized carbons (Fsp3) is 0.714. The van der Waals surface area contributed by atoms with Gasteiger partial charge in [0.2, 0.25) is 0 Å². The van der Waals surface area contributed by atoms with Gasteiger partial charge in [-0.25, -0.2) is 0 Å². The second-order valence-corrected chi connectivity index (χ2v) is 8.89. The molecule has 3 rings (SSSR count). The quantitative estimate of drug-likeness (QED) is 0.774. The van der Waals surface area contributed by atoms with Crippen molar-refractivity contribution in [2.24, 2.45) is 11.3 Å². The van der Waals surface area contributed by atoms with E-state index in [0.29, 0.717) is 23.0 Å². The molecule has 1 N–H and O–H groups in total. The van der Waals surface area contributed by atoms with E-state index >= 15 is 0 Å². The maximum atomic E-state index is 10.8. The average molecular weight is 316 g/mol. The van der Waals surface area contributed by atoms with Crippen LogP contribution in [-0.4, -0.2) is 12.2 Å². The first-order valence-corrected chi connectivity index (χ1v) is 9.15. The van der Waals surface area contributed by atoms with Gasteiger partial charge < -0.3 is 9.84 Å². The van der Waals surface area contributed by atoms with Crippen LogP contribution >= 0.6 is 0 Å². The molecule has 2 atom stereocenters. The maximum absolute atomic E-state index is 10.8. The minimum atomic E-state index is 0.119. The number of benzene rings is 1. The molecule has 0 spiro atoms. The number of rotatable bonds is 2. The zero-order chi connectivity index (χ0) is 17.0. The van der Waals surface area contributed by atoms with Gasteiger partial charge in [0, 0.05) is 11.1 Å². The van der Waals surface area contributed by atoms with Crippen LogP contribution in [0.2, 0.25) is 0 Å². The van der Waals surface area contributed by atoms with Gasteiger partial charge in [-0.3, -0.25) is 0 Å². The van der Waals surface area contributed by atoms with Crippen molar-refractivity contribution in [1.29, 1.82) is 0 Å². The molecule has 1 aromatic carbocycles. The molecule has 0 amide bonds. The summed E-state index contributed by atoms with van der Waals surface area (Å²) in [6, 6.07) is 2.25. The molecule has 1 saturated carbocycles. The first-order valence-electron chi connectivity index (χ1n) is 9.15. The molecule has 23 heavy (non-hydrogen) atoms. The second kappa shape index (κ2) is 5.43. The number of aryl methyl sites for hydroxylation is 1. The second-order valence-electron chi connectivity index (χ2n) is 8.89. The van der Waals surface area contributed by atoms with Gasteiger partial charge in [0.05, 0.1) is 7.11 Å². The molecule has 128 valence electrons. The Labute approximate surface area is 141 Å². The Morgan fingerprint density at radius 1 is 1.22 bits per heavy atom. The standard InChI is InChI=1S/C21H32O2/c1-13(2)15-12-14-8-9-16-20(3,4)10-7-11-21(16,5)17(14)19(23-6)18(15)22/h12-13,16,22H,7-11H2,1-6H3/t16-,21-/m0/s1. The third-order valence-corrected chi connectivity index (χ3v) is 6.70. The molecule has 0 bridgehead atoms. The van der Waals surface area contributed by atoms with Crippen molar-refractivity contribution in [3.05, 3.63) is 22.8 Å². The van der Waals surface area contributed by atoms with E-state index in [0.717, 1.165) is 17.7 Å². The van der Waals surface area contributed by atoms with Crippen molar-refractivity contribution in [3.8, 4) is 11.5 Å². The van der Waals surface area contributed by atoms with Crippen LogP contribution in [0.15, 0.2) is 6.07 Å². The van der Waals surface area contributed by atoms with E-state index in [2.05, 4.69) is 40.7 Å². The van der Waals surface area contributed by atoms with Gasteiger partial charge in [-0.05, 0) is 53.9 Å². The van der Waals surface area contributed by atoms with E-state index in [-0.39, 0.29) is 5.41 Å². The highest BCUT2D eigenvalue weighted by Crippen LogP contribution is 2.60. The van der Waals surface area contributed by atoms with Crippen LogP contribution in [0.3, 0.4) is 0 Å². The molecular formula is C21H32O2. The first kappa shape index (κ1) is 16.7. The number of ether oxygens (including phenoxy) is 1. The zero-order valence-electron chi connectivity index (χ0n) is 15.6. The lowest BCUT2D eigenvalue weighted by Gasteiger charge is -2.54. The van der Waals surface area contributed by atoms with Crippen LogP contribution in [0.1, 0.15) is 82.9 Å². The molecule has 0 aliphatic heterocycles. The molecule has 1 fully saturated rings. The Balaban J connectivity index is 2.24. The van der Waals surface area contributed by atoms with Crippen LogP contribution in [0.4, 0.5) is 0 Å². The normalized spacial score (nSPS) is 29.1. The largest absolute Gasteiger partial charge is 0.504 e. The number of phenols is 1. The van der Waals surface area contributed by atoms with Gasteiger partial charge in [0.25, 0.3) is 0 Å². The molecule has 0 saturated heterocycles. The molecular weight excluding hydrogens is 284 g/mol. The minimum Gasteiger partial charge on any atom is -0.504 e. The highest BCUT2D eigenvalue weighted by atomic mass is 16.5. The van der Waals surface area contributed by atoms with Crippen molar-refractivity contribution in [1.82, 2.24) is 0 Å². The molecule has 2 aliphatic rings. The molecule has 0 unspecified atom stereocenters. The smallest absolute Gasteiger partial charge is 0.164 e. The Hall–Kier alpha value is -1.18. The fourth-order valence-corrected chi connectivity index (χ4v) is 5.62. The molecule has 1 aromatic rings. The summed E-state index contributed by atoms with van der Waals surface area (Å²) in [5, 5.41) is 10.8. The van der Waals surface area contributed by atoms with Gasteiger partial charge in [-0.1, -0.05) is 47.1 Å². The number of phenolic OH excluding ortho intramolecular Hbond substituents is 1. The van der Waals surface area contributed by atoms with Gasteiger partial charge in [0.1, 0.15) is 0 Å². The lowest BCUT2D eigenvalue weighted by atomic mass is 9.50. The molecule has 0 aromatic heterocycles. The summed E-state index contributed by atoms with van der Waals surface area (Å²) < 4.78 is 5.77. The Kier molecular flexibility index (Phi) is 3.93. The highest BCUT2D eigenvalue weighted by molar-refractivity contribution is 5.60. The van der Waals surface area contributed by atoms with Crippen molar-refractivity contribution >= 4 is 0 Å². The van der Waals surface area contributed by atoms with Crippen LogP contribution in [0, 0.1) is 11.3 Å². The lowest BCUT2D eigenvalue weighted by Crippen LogP contribution is -2.48. The predicted octanol–water partition coefficient (Wildman–Crippen LogP) is 5.55. The maximum Gasteiger partial charge on any atom is 0.164 e. The summed E-state index contributed by atoms with van der Waals surface area (Å²) in [7, 11) is 1.71. The fourth-order valence-electron chi connectivity index (χ4n) is 5.62. The summed E-state index contributed by atoms with van der Waals surface area (Å²) in [5.41, 5.74) is 4.21. The average Bonchev–Trinajstić information content (AvgIpc) is 2.46. The van der Waals surface area contributed by atoms with E-state index in [1.54, 1.807) is 7.11 Å². The SMILES string of the molecule is COc1c(O)c(C(C)C)cc2c1[C@@]1(C)CCCC(C)(C)[C@@H]1CC2. The summed E-state index contributed by atoms with van der Waals surface area (Å²) in [6.07, 6.45) is 6.12. The van der Waals surface area contributed by atoms with E-state index in [4.69, 9.17) is 4.74 Å². The topological polar surface area (TPSA) is 29.5 Å². The Morgan fingerprint density at radius 2 is 1.91 bits per heavy atom. The summed E-state index contributed by atoms with van der Waals surface area (Å²) in [5.74, 6) is 2.08. The zero-order valence-corrected chi connectivity index (χ0v) is 15.6. The summed E-state index contributed by atoms with van der Waals surface area (Å²) >= 11 is 0. The number of fused-ring (bicyclic) bond motifs is 3. The highest BCUT2D eigenvalue weighted by Gasteiger charge is 2.51. The van der Waals surface area contributed by atoms with Crippen molar-refractivity contribution < 1.29 is 9.84 Å². The van der Waals surface area contributed by atoms with E-state index in [1.165, 1.54) is 36.8 Å². The van der Waals surface area contributed by atoms with Crippen molar-refractivity contribution in [2.45, 2.75) is 78.1 Å². The Bertz CT molecular complexity index is 615. The first-order chi connectivity index (χ1) is 10.7. The van der Waals surface area contributed by atoms with Gasteiger partial charge >= 0.3 is 0 Å². The number of hydrogen-bond donors (Lipinski definition) is 1. The number of methoxy groups -OCH3 is 1. The number of hydrogen-bond acceptors (Lipinski definition) is 2. The monoisotopic (exact) mass is 316 g/mol. The van der Waals surface area contributed by atoms with Crippen LogP contribution in [-0.2, 0) is 11.8 Å². The molecule has 2 aliphatic carbocycles. The van der Waals surface area contributed by atoms with Gasteiger partial charge in [-0.15, -0.1) is 0 Å². The van der Waals surface area contributed by atoms with E-state index < -0.39 is 0 Å². The van der Waals surface area contributed by atoms with Gasteiger partial charge in [0.15, 0.2) is 11.5 Å². The predicted molar refractivity (Wildman–Crippen MR) is 95.5 cm³/mol. The molecule has 0 radical (unpaired) electrons. The third-order valence-electron chi connectivity index (χ3n) is 6.70. The van der Waals surface area contributed by atoms with Gasteiger partial charge in [-0.2, -0.15) is 0 Å². The number of aromatic hydroxyl groups is 1. The Morgan fingerprint density at radius 3 is 2.52 bits per heavy atom. The lowest BCUT2D eigenvalue weighted by molar-refractivity contribution is 0.0388. The molecule has 2 nitrogen and oxygen atoms in total. The molecule has 0 heterocycles. The van der Waals surface area contributed by atoms with Crippen molar-refractivity contribution in [3.63, 3.8) is 0 Å². The van der Waals surface area contributed by atoms with Crippen LogP contribution in [0.5, 0.6) is 11.5 Å². The van der Waals surface area contributed by atoms with E-state index in [9.17, 15) is 5.11 Å². The van der Waals surface area contributed by atoms with Crippen LogP contribution < -0.4 is 4.74 Å². The summed E-state index contributed by atoms with van der Waals surface area (Å²) in [6.45, 7) is 11.5. The molecule has 2 heteroatoms. The van der Waals surface area contributed by atoms with Crippen molar-refractivity contribution in [2.75, 3.05) is 7.11 Å². The minimum absolute atomic E-state index is 0.119. The third kappa shape index (κ3) is 2.37.